The second-order valence-electron chi connectivity index (χ2n) is 8.43. The van der Waals surface area contributed by atoms with E-state index < -0.39 is 0 Å². The van der Waals surface area contributed by atoms with Gasteiger partial charge in [-0.15, -0.1) is 0 Å². The van der Waals surface area contributed by atoms with Crippen molar-refractivity contribution in [3.8, 4) is 0 Å². The predicted molar refractivity (Wildman–Crippen MR) is 100 cm³/mol. The van der Waals surface area contributed by atoms with Gasteiger partial charge in [-0.25, -0.2) is 0 Å². The van der Waals surface area contributed by atoms with Crippen LogP contribution in [0, 0.1) is 0 Å². The van der Waals surface area contributed by atoms with E-state index in [1.54, 1.807) is 22.3 Å². The van der Waals surface area contributed by atoms with Gasteiger partial charge < -0.3 is 0 Å². The van der Waals surface area contributed by atoms with Crippen molar-refractivity contribution in [2.45, 2.75) is 59.1 Å². The van der Waals surface area contributed by atoms with Gasteiger partial charge in [0.1, 0.15) is 9.74 Å². The summed E-state index contributed by atoms with van der Waals surface area (Å²) in [4.78, 5) is -0.0147. The maximum atomic E-state index is 5.15. The third kappa shape index (κ3) is 1.34. The Bertz CT molecular complexity index is 811. The van der Waals surface area contributed by atoms with Crippen molar-refractivity contribution in [1.29, 1.82) is 0 Å². The molecule has 2 fully saturated rings. The molecule has 0 radical (unpaired) electrons. The molecule has 3 heteroatoms. The van der Waals surface area contributed by atoms with Crippen molar-refractivity contribution in [3.05, 3.63) is 70.8 Å². The molecule has 0 aromatic heterocycles. The lowest BCUT2D eigenvalue weighted by atomic mass is 9.92. The maximum absolute atomic E-state index is 5.15. The topological polar surface area (TPSA) is 24.7 Å². The number of thioether (sulfide) groups is 1. The fourth-order valence-corrected chi connectivity index (χ4v) is 9.04. The highest BCUT2D eigenvalue weighted by atomic mass is 32.2. The Hall–Kier alpha value is -1.61. The van der Waals surface area contributed by atoms with Gasteiger partial charge in [0.2, 0.25) is 0 Å². The van der Waals surface area contributed by atoms with E-state index in [1.165, 1.54) is 25.7 Å². The summed E-state index contributed by atoms with van der Waals surface area (Å²) in [6, 6.07) is 18.2. The van der Waals surface area contributed by atoms with Crippen LogP contribution in [0.4, 0.5) is 0 Å². The average Bonchev–Trinajstić information content (AvgIpc) is 3.44. The molecule has 5 aliphatic rings. The lowest BCUT2D eigenvalue weighted by Crippen LogP contribution is -2.31. The van der Waals surface area contributed by atoms with Crippen molar-refractivity contribution in [2.24, 2.45) is 10.2 Å². The fourth-order valence-electron chi connectivity index (χ4n) is 6.81. The molecule has 7 rings (SSSR count). The standard InChI is InChI=1S/C22H20N2S/c1-2-6-14-13(5-1)17-9-10-18(14)21(17)23-24-22(25-21)19-11-12-20(22)16-8-4-3-7-15(16)19/h1-8,17-20H,9-12H2. The average molecular weight is 344 g/mol. The molecule has 2 aromatic carbocycles. The summed E-state index contributed by atoms with van der Waals surface area (Å²) in [5.41, 5.74) is 6.24. The van der Waals surface area contributed by atoms with Crippen LogP contribution in [0.1, 0.15) is 71.6 Å². The molecular weight excluding hydrogens is 324 g/mol. The lowest BCUT2D eigenvalue weighted by Gasteiger charge is -2.31. The van der Waals surface area contributed by atoms with E-state index in [-0.39, 0.29) is 9.74 Å². The zero-order chi connectivity index (χ0) is 16.2. The smallest absolute Gasteiger partial charge is 0.143 e. The van der Waals surface area contributed by atoms with Crippen molar-refractivity contribution in [2.75, 3.05) is 0 Å². The first-order chi connectivity index (χ1) is 12.3. The Morgan fingerprint density at radius 1 is 0.600 bits per heavy atom. The molecule has 1 heterocycles. The number of hydrogen-bond donors (Lipinski definition) is 0. The minimum Gasteiger partial charge on any atom is -0.173 e. The highest BCUT2D eigenvalue weighted by molar-refractivity contribution is 8.02. The number of benzene rings is 2. The van der Waals surface area contributed by atoms with E-state index in [0.717, 1.165) is 0 Å². The Morgan fingerprint density at radius 2 is 0.920 bits per heavy atom. The maximum Gasteiger partial charge on any atom is 0.143 e. The number of fused-ring (bicyclic) bond motifs is 6. The second-order valence-corrected chi connectivity index (χ2v) is 9.94. The van der Waals surface area contributed by atoms with Crippen LogP contribution < -0.4 is 0 Å². The number of azo groups is 1. The van der Waals surface area contributed by atoms with Crippen LogP contribution in [0.5, 0.6) is 0 Å². The van der Waals surface area contributed by atoms with Crippen molar-refractivity contribution >= 4 is 11.8 Å². The molecule has 0 saturated heterocycles. The van der Waals surface area contributed by atoms with Gasteiger partial charge in [0.15, 0.2) is 0 Å². The van der Waals surface area contributed by atoms with Gasteiger partial charge in [-0.3, -0.25) is 0 Å². The van der Waals surface area contributed by atoms with Crippen LogP contribution in [-0.2, 0) is 0 Å². The van der Waals surface area contributed by atoms with E-state index >= 15 is 0 Å². The predicted octanol–water partition coefficient (Wildman–Crippen LogP) is 5.93. The van der Waals surface area contributed by atoms with Crippen LogP contribution in [0.3, 0.4) is 0 Å². The molecule has 2 spiro atoms. The van der Waals surface area contributed by atoms with Gasteiger partial charge in [0, 0.05) is 23.7 Å². The summed E-state index contributed by atoms with van der Waals surface area (Å²) in [6.07, 6.45) is 5.14. The number of rotatable bonds is 0. The van der Waals surface area contributed by atoms with Crippen LogP contribution in [0.25, 0.3) is 0 Å². The zero-order valence-electron chi connectivity index (χ0n) is 14.1. The molecular formula is C22H20N2S. The lowest BCUT2D eigenvalue weighted by molar-refractivity contribution is 0.519. The van der Waals surface area contributed by atoms with Gasteiger partial charge in [0.05, 0.1) is 0 Å². The largest absolute Gasteiger partial charge is 0.173 e. The van der Waals surface area contributed by atoms with Gasteiger partial charge in [-0.2, -0.15) is 10.2 Å². The van der Waals surface area contributed by atoms with E-state index in [2.05, 4.69) is 60.3 Å². The van der Waals surface area contributed by atoms with Crippen molar-refractivity contribution in [3.63, 3.8) is 0 Å². The molecule has 0 amide bonds. The van der Waals surface area contributed by atoms with Gasteiger partial charge in [-0.05, 0) is 47.9 Å². The molecule has 4 bridgehead atoms. The fraction of sp³-hybridized carbons (Fsp3) is 0.455. The first-order valence-corrected chi connectivity index (χ1v) is 10.5. The van der Waals surface area contributed by atoms with Gasteiger partial charge >= 0.3 is 0 Å². The summed E-state index contributed by atoms with van der Waals surface area (Å²) < 4.78 is 0. The van der Waals surface area contributed by atoms with Crippen LogP contribution in [0.15, 0.2) is 58.8 Å². The monoisotopic (exact) mass is 344 g/mol. The van der Waals surface area contributed by atoms with Crippen LogP contribution in [-0.4, -0.2) is 9.74 Å². The summed E-state index contributed by atoms with van der Waals surface area (Å²) in [5.74, 6) is 2.30. The Morgan fingerprint density at radius 3 is 1.24 bits per heavy atom. The first kappa shape index (κ1) is 13.6. The number of nitrogens with zero attached hydrogens (tertiary/aromatic N) is 2. The van der Waals surface area contributed by atoms with Crippen molar-refractivity contribution < 1.29 is 0 Å². The summed E-state index contributed by atoms with van der Waals surface area (Å²) in [6.45, 7) is 0. The molecule has 1 aliphatic heterocycles. The summed E-state index contributed by atoms with van der Waals surface area (Å²) in [7, 11) is 0. The third-order valence-electron chi connectivity index (χ3n) is 7.67. The second kappa shape index (κ2) is 4.20. The minimum absolute atomic E-state index is 0.00737. The molecule has 2 nitrogen and oxygen atoms in total. The Kier molecular flexibility index (Phi) is 2.28. The molecule has 124 valence electrons. The SMILES string of the molecule is c1ccc2c(c1)C1CCC2C12N=NC1(S2)C2CCC1c1ccccc12. The quantitative estimate of drug-likeness (QED) is 0.581. The number of hydrogen-bond acceptors (Lipinski definition) is 3. The van der Waals surface area contributed by atoms with E-state index in [1.807, 2.05) is 0 Å². The Labute approximate surface area is 152 Å². The molecule has 4 aliphatic carbocycles. The van der Waals surface area contributed by atoms with Gasteiger partial charge in [-0.1, -0.05) is 60.3 Å². The first-order valence-electron chi connectivity index (χ1n) is 9.65. The Balaban J connectivity index is 1.37. The molecule has 0 N–H and O–H groups in total. The molecule has 4 unspecified atom stereocenters. The van der Waals surface area contributed by atoms with Crippen LogP contribution >= 0.6 is 11.8 Å². The zero-order valence-corrected chi connectivity index (χ0v) is 14.9. The highest BCUT2D eigenvalue weighted by Gasteiger charge is 2.70. The third-order valence-corrected chi connectivity index (χ3v) is 9.62. The van der Waals surface area contributed by atoms with Gasteiger partial charge in [0.25, 0.3) is 0 Å². The van der Waals surface area contributed by atoms with E-state index in [9.17, 15) is 0 Å². The van der Waals surface area contributed by atoms with E-state index in [4.69, 9.17) is 10.2 Å². The van der Waals surface area contributed by atoms with Crippen LogP contribution in [0.2, 0.25) is 0 Å². The van der Waals surface area contributed by atoms with E-state index in [0.29, 0.717) is 23.7 Å². The highest BCUT2D eigenvalue weighted by Crippen LogP contribution is 2.77. The molecule has 4 atom stereocenters. The van der Waals surface area contributed by atoms with Crippen molar-refractivity contribution in [1.82, 2.24) is 0 Å². The minimum atomic E-state index is -0.00737. The molecule has 2 saturated carbocycles. The summed E-state index contributed by atoms with van der Waals surface area (Å²) >= 11 is 2.17. The normalized spacial score (nSPS) is 44.2. The molecule has 2 aromatic rings. The molecule has 25 heavy (non-hydrogen) atoms. The summed E-state index contributed by atoms with van der Waals surface area (Å²) in [5, 5.41) is 10.3.